The van der Waals surface area contributed by atoms with Crippen molar-refractivity contribution >= 4 is 11.5 Å². The van der Waals surface area contributed by atoms with Gasteiger partial charge >= 0.3 is 0 Å². The van der Waals surface area contributed by atoms with Gasteiger partial charge in [-0.2, -0.15) is 0 Å². The van der Waals surface area contributed by atoms with Crippen molar-refractivity contribution in [3.05, 3.63) is 41.5 Å². The Hall–Kier alpha value is -2.09. The fourth-order valence-corrected chi connectivity index (χ4v) is 7.64. The highest BCUT2D eigenvalue weighted by molar-refractivity contribution is 5.91. The average molecular weight is 494 g/mol. The van der Waals surface area contributed by atoms with Crippen molar-refractivity contribution in [3.8, 4) is 12.3 Å². The van der Waals surface area contributed by atoms with Gasteiger partial charge in [-0.25, -0.2) is 0 Å². The number of hydrogen-bond acceptors (Lipinski definition) is 4. The predicted molar refractivity (Wildman–Crippen MR) is 149 cm³/mol. The normalized spacial score (nSPS) is 34.4. The monoisotopic (exact) mass is 493 g/mol. The first kappa shape index (κ1) is 28.5. The van der Waals surface area contributed by atoms with Gasteiger partial charge in [0.05, 0.1) is 6.10 Å². The third-order valence-electron chi connectivity index (χ3n) is 9.42. The molecule has 1 aromatic rings. The standard InChI is InChI=1S/C26H35NO2.C5H8.CH4O/c1-26-15-22(16-4-7-18(8-5-16)27(2)3)25-20-11-9-19(28)14-17(20)6-10-21(25)23(26)12-13-24(26)29;1-4-5(2)3;1-2/h4-5,7-8,14,20-25,29H,6,9-13,15H2,1-3H3;1,5H,2-3H3;2H,1H3. The number of ketones is 1. The molecule has 4 heteroatoms. The molecule has 198 valence electrons. The van der Waals surface area contributed by atoms with E-state index in [4.69, 9.17) is 11.5 Å². The summed E-state index contributed by atoms with van der Waals surface area (Å²) >= 11 is 0. The zero-order chi connectivity index (χ0) is 26.6. The molecule has 4 nitrogen and oxygen atoms in total. The van der Waals surface area contributed by atoms with Crippen LogP contribution in [0.2, 0.25) is 0 Å². The second-order valence-electron chi connectivity index (χ2n) is 11.9. The SMILES string of the molecule is C#CC(C)C.CN(C)c1ccc(C2CC3(C)C(O)CCC3C3CCC4=CC(=O)CCC4C23)cc1.CO. The lowest BCUT2D eigenvalue weighted by molar-refractivity contribution is -0.116. The fraction of sp³-hybridized carbons (Fsp3) is 0.656. The molecule has 36 heavy (non-hydrogen) atoms. The number of carbonyl (C=O) groups is 1. The summed E-state index contributed by atoms with van der Waals surface area (Å²) in [5, 5.41) is 18.0. The maximum absolute atomic E-state index is 12.1. The van der Waals surface area contributed by atoms with Crippen LogP contribution in [0, 0.1) is 47.3 Å². The van der Waals surface area contributed by atoms with Gasteiger partial charge in [0.2, 0.25) is 0 Å². The number of rotatable bonds is 2. The lowest BCUT2D eigenvalue weighted by atomic mass is 9.48. The van der Waals surface area contributed by atoms with Crippen molar-refractivity contribution in [1.82, 2.24) is 0 Å². The van der Waals surface area contributed by atoms with Crippen LogP contribution in [0.25, 0.3) is 0 Å². The van der Waals surface area contributed by atoms with Gasteiger partial charge in [-0.05, 0) is 97.3 Å². The molecule has 0 amide bonds. The fourth-order valence-electron chi connectivity index (χ4n) is 7.64. The van der Waals surface area contributed by atoms with Crippen LogP contribution < -0.4 is 4.90 Å². The van der Waals surface area contributed by atoms with E-state index in [9.17, 15) is 9.90 Å². The Morgan fingerprint density at radius 1 is 1.03 bits per heavy atom. The Bertz CT molecular complexity index is 957. The Morgan fingerprint density at radius 2 is 1.67 bits per heavy atom. The number of nitrogens with zero attached hydrogens (tertiary/aromatic N) is 1. The Balaban J connectivity index is 0.000000463. The molecule has 5 rings (SSSR count). The topological polar surface area (TPSA) is 60.8 Å². The maximum atomic E-state index is 12.1. The van der Waals surface area contributed by atoms with Crippen molar-refractivity contribution in [3.63, 3.8) is 0 Å². The molecule has 4 aliphatic rings. The van der Waals surface area contributed by atoms with Crippen molar-refractivity contribution < 1.29 is 15.0 Å². The van der Waals surface area contributed by atoms with Crippen LogP contribution in [0.4, 0.5) is 5.69 Å². The lowest BCUT2D eigenvalue weighted by Gasteiger charge is -2.57. The van der Waals surface area contributed by atoms with Gasteiger partial charge in [0.1, 0.15) is 0 Å². The second-order valence-corrected chi connectivity index (χ2v) is 11.9. The Kier molecular flexibility index (Phi) is 9.47. The third kappa shape index (κ3) is 5.58. The van der Waals surface area contributed by atoms with E-state index in [2.05, 4.69) is 56.1 Å². The molecule has 0 radical (unpaired) electrons. The number of allylic oxidation sites excluding steroid dienone is 1. The van der Waals surface area contributed by atoms with Gasteiger partial charge in [0.15, 0.2) is 5.78 Å². The van der Waals surface area contributed by atoms with Gasteiger partial charge in [0, 0.05) is 39.2 Å². The largest absolute Gasteiger partial charge is 0.400 e. The molecule has 7 atom stereocenters. The molecule has 2 N–H and O–H groups in total. The number of carbonyl (C=O) groups excluding carboxylic acids is 1. The van der Waals surface area contributed by atoms with Crippen LogP contribution in [0.1, 0.15) is 77.2 Å². The first-order chi connectivity index (χ1) is 17.2. The summed E-state index contributed by atoms with van der Waals surface area (Å²) in [6.45, 7) is 6.34. The van der Waals surface area contributed by atoms with Gasteiger partial charge in [-0.3, -0.25) is 4.79 Å². The van der Waals surface area contributed by atoms with Crippen LogP contribution in [0.5, 0.6) is 0 Å². The first-order valence-electron chi connectivity index (χ1n) is 13.7. The van der Waals surface area contributed by atoms with Crippen LogP contribution >= 0.6 is 0 Å². The van der Waals surface area contributed by atoms with Gasteiger partial charge < -0.3 is 15.1 Å². The zero-order valence-corrected chi connectivity index (χ0v) is 23.2. The summed E-state index contributed by atoms with van der Waals surface area (Å²) in [5.74, 6) is 6.25. The highest BCUT2D eigenvalue weighted by atomic mass is 16.3. The Labute approximate surface area is 219 Å². The van der Waals surface area contributed by atoms with Crippen LogP contribution in [0.15, 0.2) is 35.9 Å². The minimum Gasteiger partial charge on any atom is -0.400 e. The summed E-state index contributed by atoms with van der Waals surface area (Å²) < 4.78 is 0. The molecular weight excluding hydrogens is 446 g/mol. The number of anilines is 1. The molecule has 3 fully saturated rings. The molecule has 0 spiro atoms. The van der Waals surface area contributed by atoms with Crippen molar-refractivity contribution in [2.75, 3.05) is 26.1 Å². The highest BCUT2D eigenvalue weighted by Gasteiger charge is 2.59. The van der Waals surface area contributed by atoms with E-state index in [0.717, 1.165) is 32.8 Å². The minimum atomic E-state index is -0.165. The zero-order valence-electron chi connectivity index (χ0n) is 23.2. The van der Waals surface area contributed by atoms with E-state index in [1.54, 1.807) is 0 Å². The number of aliphatic hydroxyl groups is 2. The molecular formula is C32H47NO3. The molecule has 1 aromatic carbocycles. The van der Waals surface area contributed by atoms with Crippen LogP contribution in [-0.2, 0) is 4.79 Å². The summed E-state index contributed by atoms with van der Waals surface area (Å²) in [6, 6.07) is 9.14. The molecule has 0 saturated heterocycles. The summed E-state index contributed by atoms with van der Waals surface area (Å²) in [5.41, 5.74) is 4.14. The van der Waals surface area contributed by atoms with Crippen molar-refractivity contribution in [2.45, 2.75) is 77.7 Å². The number of aliphatic hydroxyl groups excluding tert-OH is 2. The molecule has 3 saturated carbocycles. The Morgan fingerprint density at radius 3 is 2.25 bits per heavy atom. The smallest absolute Gasteiger partial charge is 0.155 e. The van der Waals surface area contributed by atoms with E-state index in [0.29, 0.717) is 47.7 Å². The van der Waals surface area contributed by atoms with Gasteiger partial charge in [0.25, 0.3) is 0 Å². The van der Waals surface area contributed by atoms with Crippen molar-refractivity contribution in [1.29, 1.82) is 0 Å². The van der Waals surface area contributed by atoms with Crippen molar-refractivity contribution in [2.24, 2.45) is 35.0 Å². The van der Waals surface area contributed by atoms with Crippen LogP contribution in [-0.4, -0.2) is 43.3 Å². The highest BCUT2D eigenvalue weighted by Crippen LogP contribution is 2.65. The third-order valence-corrected chi connectivity index (χ3v) is 9.42. The second kappa shape index (κ2) is 12.0. The summed E-state index contributed by atoms with van der Waals surface area (Å²) in [7, 11) is 5.17. The summed E-state index contributed by atoms with van der Waals surface area (Å²) in [4.78, 5) is 14.2. The molecule has 0 heterocycles. The number of hydrogen-bond donors (Lipinski definition) is 2. The average Bonchev–Trinajstić information content (AvgIpc) is 3.18. The lowest BCUT2D eigenvalue weighted by Crippen LogP contribution is -2.50. The maximum Gasteiger partial charge on any atom is 0.155 e. The van der Waals surface area contributed by atoms with E-state index >= 15 is 0 Å². The molecule has 4 aliphatic carbocycles. The number of fused-ring (bicyclic) bond motifs is 5. The minimum absolute atomic E-state index is 0.0394. The molecule has 7 unspecified atom stereocenters. The molecule has 0 bridgehead atoms. The quantitative estimate of drug-likeness (QED) is 0.509. The number of terminal acetylenes is 1. The predicted octanol–water partition coefficient (Wildman–Crippen LogP) is 5.83. The van der Waals surface area contributed by atoms with E-state index in [1.165, 1.54) is 29.7 Å². The van der Waals surface area contributed by atoms with E-state index in [-0.39, 0.29) is 11.5 Å². The van der Waals surface area contributed by atoms with Gasteiger partial charge in [-0.1, -0.05) is 38.5 Å². The number of benzene rings is 1. The molecule has 0 aromatic heterocycles. The van der Waals surface area contributed by atoms with E-state index in [1.807, 2.05) is 19.9 Å². The first-order valence-corrected chi connectivity index (χ1v) is 13.7. The van der Waals surface area contributed by atoms with Crippen LogP contribution in [0.3, 0.4) is 0 Å². The summed E-state index contributed by atoms with van der Waals surface area (Å²) in [6.07, 6.45) is 14.0. The molecule has 0 aliphatic heterocycles. The van der Waals surface area contributed by atoms with E-state index < -0.39 is 0 Å². The van der Waals surface area contributed by atoms with Gasteiger partial charge in [-0.15, -0.1) is 12.3 Å².